The van der Waals surface area contributed by atoms with Crippen LogP contribution in [0.1, 0.15) is 12.0 Å². The highest BCUT2D eigenvalue weighted by molar-refractivity contribution is 6.19. The van der Waals surface area contributed by atoms with Gasteiger partial charge in [0.2, 0.25) is 11.8 Å². The number of benzene rings is 3. The Hall–Kier alpha value is -4.13. The average Bonchev–Trinajstić information content (AvgIpc) is 2.96. The van der Waals surface area contributed by atoms with Gasteiger partial charge in [0.05, 0.1) is 43.4 Å². The molecule has 0 aromatic heterocycles. The van der Waals surface area contributed by atoms with Gasteiger partial charge in [-0.3, -0.25) is 14.6 Å². The third kappa shape index (κ3) is 4.46. The minimum Gasteiger partial charge on any atom is -0.497 e. The largest absolute Gasteiger partial charge is 0.497 e. The van der Waals surface area contributed by atoms with Crippen LogP contribution in [0.25, 0.3) is 0 Å². The van der Waals surface area contributed by atoms with E-state index in [4.69, 9.17) is 14.5 Å². The summed E-state index contributed by atoms with van der Waals surface area (Å²) in [6.45, 7) is -0.150. The predicted molar refractivity (Wildman–Crippen MR) is 124 cm³/mol. The number of fused-ring (bicyclic) bond motifs is 1. The van der Waals surface area contributed by atoms with Crippen LogP contribution in [0, 0.1) is 0 Å². The number of nitrogens with one attached hydrogen (secondary N) is 1. The number of hydrogen-bond acceptors (Lipinski definition) is 5. The van der Waals surface area contributed by atoms with Crippen LogP contribution in [0.3, 0.4) is 0 Å². The molecule has 1 aliphatic heterocycles. The molecule has 3 aromatic rings. The van der Waals surface area contributed by atoms with Crippen molar-refractivity contribution in [3.8, 4) is 11.5 Å². The van der Waals surface area contributed by atoms with E-state index in [2.05, 4.69) is 5.32 Å². The number of rotatable bonds is 6. The molecule has 0 saturated carbocycles. The van der Waals surface area contributed by atoms with Crippen LogP contribution >= 0.6 is 0 Å². The van der Waals surface area contributed by atoms with Crippen LogP contribution in [0.5, 0.6) is 11.5 Å². The van der Waals surface area contributed by atoms with Gasteiger partial charge in [-0.15, -0.1) is 0 Å². The summed E-state index contributed by atoms with van der Waals surface area (Å²) in [5.74, 6) is 0.534. The van der Waals surface area contributed by atoms with E-state index in [9.17, 15) is 9.59 Å². The number of nitrogens with zero attached hydrogens (tertiary/aromatic N) is 2. The Morgan fingerprint density at radius 1 is 1.00 bits per heavy atom. The summed E-state index contributed by atoms with van der Waals surface area (Å²) in [6, 6.07) is 22.0. The van der Waals surface area contributed by atoms with Crippen molar-refractivity contribution in [3.63, 3.8) is 0 Å². The molecule has 0 saturated heterocycles. The number of para-hydroxylation sites is 2. The topological polar surface area (TPSA) is 80.2 Å². The van der Waals surface area contributed by atoms with E-state index in [1.807, 2.05) is 48.5 Å². The first-order valence-electron chi connectivity index (χ1n) is 10.1. The highest BCUT2D eigenvalue weighted by atomic mass is 16.5. The van der Waals surface area contributed by atoms with E-state index in [0.717, 1.165) is 5.56 Å². The van der Waals surface area contributed by atoms with Gasteiger partial charge in [0.25, 0.3) is 0 Å². The standard InChI is InChI=1S/C25H23N3O4/c1-31-18-12-13-20(23(14-18)32-2)27-24(29)16-28-22-11-7-6-10-19(22)26-21(15-25(28)30)17-8-4-3-5-9-17/h3-14H,15-16H2,1-2H3,(H,27,29). The monoisotopic (exact) mass is 429 g/mol. The first kappa shape index (κ1) is 21.1. The quantitative estimate of drug-likeness (QED) is 0.637. The van der Waals surface area contributed by atoms with E-state index in [1.165, 1.54) is 12.0 Å². The molecule has 3 aromatic carbocycles. The normalized spacial score (nSPS) is 13.0. The number of carbonyl (C=O) groups excluding carboxylic acids is 2. The third-order valence-corrected chi connectivity index (χ3v) is 5.14. The van der Waals surface area contributed by atoms with Crippen LogP contribution in [0.2, 0.25) is 0 Å². The van der Waals surface area contributed by atoms with Gasteiger partial charge in [-0.25, -0.2) is 0 Å². The SMILES string of the molecule is COc1ccc(NC(=O)CN2C(=O)CC(c3ccccc3)=Nc3ccccc32)c(OC)c1. The highest BCUT2D eigenvalue weighted by Crippen LogP contribution is 2.33. The summed E-state index contributed by atoms with van der Waals surface area (Å²) in [6.07, 6.45) is 0.0951. The maximum absolute atomic E-state index is 13.2. The van der Waals surface area contributed by atoms with Crippen molar-refractivity contribution in [3.05, 3.63) is 78.4 Å². The first-order chi connectivity index (χ1) is 15.6. The van der Waals surface area contributed by atoms with Crippen molar-refractivity contribution >= 4 is 34.6 Å². The molecule has 7 nitrogen and oxygen atoms in total. The van der Waals surface area contributed by atoms with E-state index in [-0.39, 0.29) is 24.8 Å². The predicted octanol–water partition coefficient (Wildman–Crippen LogP) is 4.20. The van der Waals surface area contributed by atoms with Crippen LogP contribution < -0.4 is 19.7 Å². The van der Waals surface area contributed by atoms with Crippen molar-refractivity contribution in [2.45, 2.75) is 6.42 Å². The lowest BCUT2D eigenvalue weighted by molar-refractivity contribution is -0.120. The van der Waals surface area contributed by atoms with Crippen LogP contribution in [-0.4, -0.2) is 38.3 Å². The molecule has 1 heterocycles. The minimum absolute atomic E-state index is 0.0951. The Bertz CT molecular complexity index is 1170. The van der Waals surface area contributed by atoms with Crippen LogP contribution in [-0.2, 0) is 9.59 Å². The molecule has 32 heavy (non-hydrogen) atoms. The molecule has 1 N–H and O–H groups in total. The Morgan fingerprint density at radius 2 is 1.75 bits per heavy atom. The number of carbonyl (C=O) groups is 2. The lowest BCUT2D eigenvalue weighted by atomic mass is 10.1. The molecule has 0 bridgehead atoms. The first-order valence-corrected chi connectivity index (χ1v) is 10.1. The zero-order valence-electron chi connectivity index (χ0n) is 17.9. The molecule has 0 radical (unpaired) electrons. The molecule has 0 unspecified atom stereocenters. The van der Waals surface area contributed by atoms with Crippen molar-refractivity contribution in [2.24, 2.45) is 4.99 Å². The number of hydrogen-bond donors (Lipinski definition) is 1. The maximum Gasteiger partial charge on any atom is 0.244 e. The Kier molecular flexibility index (Phi) is 6.17. The fourth-order valence-electron chi connectivity index (χ4n) is 3.55. The smallest absolute Gasteiger partial charge is 0.244 e. The fraction of sp³-hybridized carbons (Fsp3) is 0.160. The second-order valence-corrected chi connectivity index (χ2v) is 7.18. The van der Waals surface area contributed by atoms with Gasteiger partial charge in [-0.1, -0.05) is 42.5 Å². The molecule has 0 fully saturated rings. The lowest BCUT2D eigenvalue weighted by Gasteiger charge is -2.22. The summed E-state index contributed by atoms with van der Waals surface area (Å²) in [7, 11) is 3.07. The Morgan fingerprint density at radius 3 is 2.50 bits per heavy atom. The number of aliphatic imine (C=N–C) groups is 1. The van der Waals surface area contributed by atoms with E-state index >= 15 is 0 Å². The average molecular weight is 429 g/mol. The summed E-state index contributed by atoms with van der Waals surface area (Å²) in [4.78, 5) is 32.3. The molecule has 1 aliphatic rings. The van der Waals surface area contributed by atoms with Gasteiger partial charge in [0.1, 0.15) is 18.0 Å². The summed E-state index contributed by atoms with van der Waals surface area (Å²) in [5.41, 5.74) is 3.29. The number of methoxy groups -OCH3 is 2. The molecule has 0 spiro atoms. The van der Waals surface area contributed by atoms with E-state index in [1.54, 1.807) is 31.4 Å². The van der Waals surface area contributed by atoms with Gasteiger partial charge in [0, 0.05) is 6.07 Å². The van der Waals surface area contributed by atoms with Crippen molar-refractivity contribution in [1.29, 1.82) is 0 Å². The van der Waals surface area contributed by atoms with Crippen LogP contribution in [0.15, 0.2) is 77.8 Å². The molecule has 4 rings (SSSR count). The Labute approximate surface area is 186 Å². The van der Waals surface area contributed by atoms with Gasteiger partial charge >= 0.3 is 0 Å². The summed E-state index contributed by atoms with van der Waals surface area (Å²) in [5, 5.41) is 2.82. The van der Waals surface area contributed by atoms with Gasteiger partial charge in [-0.05, 0) is 29.8 Å². The summed E-state index contributed by atoms with van der Waals surface area (Å²) < 4.78 is 10.5. The second kappa shape index (κ2) is 9.34. The molecular formula is C25H23N3O4. The van der Waals surface area contributed by atoms with E-state index in [0.29, 0.717) is 34.3 Å². The molecule has 0 atom stereocenters. The van der Waals surface area contributed by atoms with Crippen LogP contribution in [0.4, 0.5) is 17.1 Å². The van der Waals surface area contributed by atoms with E-state index < -0.39 is 0 Å². The fourth-order valence-corrected chi connectivity index (χ4v) is 3.55. The van der Waals surface area contributed by atoms with Crippen molar-refractivity contribution in [1.82, 2.24) is 0 Å². The Balaban J connectivity index is 1.59. The molecular weight excluding hydrogens is 406 g/mol. The maximum atomic E-state index is 13.2. The lowest BCUT2D eigenvalue weighted by Crippen LogP contribution is -2.38. The van der Waals surface area contributed by atoms with Crippen molar-refractivity contribution < 1.29 is 19.1 Å². The molecule has 2 amide bonds. The molecule has 162 valence electrons. The molecule has 7 heteroatoms. The zero-order valence-corrected chi connectivity index (χ0v) is 17.9. The van der Waals surface area contributed by atoms with Gasteiger partial charge in [0.15, 0.2) is 0 Å². The van der Waals surface area contributed by atoms with Gasteiger partial charge in [-0.2, -0.15) is 0 Å². The summed E-state index contributed by atoms with van der Waals surface area (Å²) >= 11 is 0. The van der Waals surface area contributed by atoms with Crippen molar-refractivity contribution in [2.75, 3.05) is 31.0 Å². The number of amides is 2. The van der Waals surface area contributed by atoms with Gasteiger partial charge < -0.3 is 19.7 Å². The minimum atomic E-state index is -0.347. The second-order valence-electron chi connectivity index (χ2n) is 7.18. The number of ether oxygens (including phenoxy) is 2. The highest BCUT2D eigenvalue weighted by Gasteiger charge is 2.26. The molecule has 0 aliphatic carbocycles. The number of anilines is 2. The third-order valence-electron chi connectivity index (χ3n) is 5.14. The zero-order chi connectivity index (χ0) is 22.5.